The first-order valence-corrected chi connectivity index (χ1v) is 38.9. The Morgan fingerprint density at radius 2 is 1.18 bits per heavy atom. The van der Waals surface area contributed by atoms with Crippen molar-refractivity contribution in [1.29, 1.82) is 0 Å². The summed E-state index contributed by atoms with van der Waals surface area (Å²) in [5.74, 6) is -17.8. The van der Waals surface area contributed by atoms with E-state index in [1.165, 1.54) is 49.5 Å². The fraction of sp³-hybridized carbons (Fsp3) is 0.378. The van der Waals surface area contributed by atoms with E-state index in [-0.39, 0.29) is 41.2 Å². The molecule has 8 aliphatic heterocycles. The number of rotatable bonds is 17. The second kappa shape index (κ2) is 36.6. The van der Waals surface area contributed by atoms with Crippen LogP contribution in [0, 0.1) is 5.92 Å². The number of nitrogens with one attached hydrogen (secondary N) is 1. The van der Waals surface area contributed by atoms with E-state index in [1.54, 1.807) is 0 Å². The molecule has 8 heterocycles. The molecule has 15 rings (SSSR count). The molecule has 18 atom stereocenters. The van der Waals surface area contributed by atoms with Crippen LogP contribution in [0.5, 0.6) is 69.0 Å². The van der Waals surface area contributed by atoms with Crippen molar-refractivity contribution < 1.29 is 145 Å². The Balaban J connectivity index is 1.10. The fourth-order valence-corrected chi connectivity index (χ4v) is 15.1. The number of aliphatic carboxylic acids is 2. The van der Waals surface area contributed by atoms with Gasteiger partial charge in [-0.1, -0.05) is 99.5 Å². The zero-order chi connectivity index (χ0) is 86.9. The van der Waals surface area contributed by atoms with Gasteiger partial charge in [0, 0.05) is 47.2 Å². The van der Waals surface area contributed by atoms with Gasteiger partial charge in [0.2, 0.25) is 53.7 Å². The highest BCUT2D eigenvalue weighted by molar-refractivity contribution is 6.33. The normalized spacial score (nSPS) is 26.8. The highest BCUT2D eigenvalue weighted by Gasteiger charge is 2.51. The van der Waals surface area contributed by atoms with E-state index >= 15 is 0 Å². The molecule has 642 valence electrons. The Bertz CT molecular complexity index is 5300. The van der Waals surface area contributed by atoms with Gasteiger partial charge < -0.3 is 141 Å². The van der Waals surface area contributed by atoms with E-state index in [0.717, 1.165) is 98.5 Å². The van der Waals surface area contributed by atoms with Crippen LogP contribution in [0.3, 0.4) is 0 Å². The molecule has 37 nitrogen and oxygen atoms in total. The molecule has 0 radical (unpaired) electrons. The van der Waals surface area contributed by atoms with Crippen molar-refractivity contribution in [3.63, 3.8) is 0 Å². The van der Waals surface area contributed by atoms with Gasteiger partial charge in [-0.2, -0.15) is 0 Å². The first-order chi connectivity index (χ1) is 57.7. The zero-order valence-electron chi connectivity index (χ0n) is 64.3. The molecule has 18 unspecified atom stereocenters. The number of carbonyl (C=O) groups is 2. The van der Waals surface area contributed by atoms with Crippen molar-refractivity contribution in [3.05, 3.63) is 164 Å². The lowest BCUT2D eigenvalue weighted by Gasteiger charge is -2.39. The number of aromatic hydroxyl groups is 4. The maximum Gasteiger partial charge on any atom is 0.335 e. The van der Waals surface area contributed by atoms with Crippen LogP contribution in [0.2, 0.25) is 10.0 Å². The van der Waals surface area contributed by atoms with E-state index in [9.17, 15) is 112 Å². The summed E-state index contributed by atoms with van der Waals surface area (Å²) in [6.45, 7) is 3.24. The average molecular weight is 1720 g/mol. The molecule has 7 aromatic rings. The lowest BCUT2D eigenvalue weighted by Crippen LogP contribution is -2.60. The van der Waals surface area contributed by atoms with Crippen LogP contribution in [0.1, 0.15) is 134 Å². The zero-order valence-corrected chi connectivity index (χ0v) is 65.8. The van der Waals surface area contributed by atoms with E-state index in [1.807, 2.05) is 0 Å². The summed E-state index contributed by atoms with van der Waals surface area (Å²) in [4.78, 5) is 58.0. The quantitative estimate of drug-likeness (QED) is 0.0229. The van der Waals surface area contributed by atoms with Crippen molar-refractivity contribution in [2.45, 2.75) is 175 Å². The molecule has 121 heavy (non-hydrogen) atoms. The number of nitrogens with zero attached hydrogens (tertiary/aromatic N) is 7. The molecule has 0 saturated carbocycles. The summed E-state index contributed by atoms with van der Waals surface area (Å²) in [6, 6.07) is 4.98. The minimum atomic E-state index is -2.49. The van der Waals surface area contributed by atoms with Crippen LogP contribution in [0.25, 0.3) is 11.1 Å². The molecule has 17 bridgehead atoms. The lowest BCUT2D eigenvalue weighted by atomic mass is 9.90. The predicted octanol–water partition coefficient (Wildman–Crippen LogP) is 9.68. The molecule has 0 amide bonds. The Labute approximate surface area is 697 Å². The van der Waals surface area contributed by atoms with Gasteiger partial charge >= 0.3 is 11.9 Å². The van der Waals surface area contributed by atoms with Crippen LogP contribution in [0.15, 0.2) is 150 Å². The Morgan fingerprint density at radius 1 is 0.537 bits per heavy atom. The van der Waals surface area contributed by atoms with Gasteiger partial charge in [-0.3, -0.25) is 0 Å². The van der Waals surface area contributed by atoms with Crippen molar-refractivity contribution in [2.24, 2.45) is 40.9 Å². The largest absolute Gasteiger partial charge is 0.508 e. The number of benzene rings is 7. The molecule has 2 saturated heterocycles. The van der Waals surface area contributed by atoms with Crippen molar-refractivity contribution in [3.8, 4) is 80.1 Å². The highest BCUT2D eigenvalue weighted by Crippen LogP contribution is 2.52. The van der Waals surface area contributed by atoms with Crippen LogP contribution in [-0.4, -0.2) is 242 Å². The first kappa shape index (κ1) is 87.0. The molecule has 7 aromatic carbocycles. The topological polar surface area (TPSA) is 602 Å². The van der Waals surface area contributed by atoms with Gasteiger partial charge in [-0.15, -0.1) is 0 Å². The summed E-state index contributed by atoms with van der Waals surface area (Å²) >= 11 is 14.2. The number of aliphatic imine (C=N–C) groups is 7. The second-order valence-electron chi connectivity index (χ2n) is 29.9. The SMILES string of the molecule is CNC1C(O)=NC2Cc3ccc(cc3)Oc3cc4cc(c3OC3OC(C(=O)O)C(O)C(O)C3N=C(O)CCCCCCCC(C)C)Oc3ccc(cc3Cl)C(O)C3N=C(O)C(N=C(O)C4N=C(O)C(N=C2O)c2cc(cc(O)c2Cl)Oc2cc1ccc2O)c1ccc(O)c(c1)-c1c(OC2OC(CO)C(O)C(O)C2O)cc(O)cc1C(C(=O)O)N=C3O. The third-order valence-electron chi connectivity index (χ3n) is 21.0. The van der Waals surface area contributed by atoms with Gasteiger partial charge in [-0.25, -0.2) is 44.5 Å². The van der Waals surface area contributed by atoms with E-state index < -0.39 is 265 Å². The smallest absolute Gasteiger partial charge is 0.335 e. The summed E-state index contributed by atoms with van der Waals surface area (Å²) in [6.07, 6.45) is -17.1. The standard InChI is InChI=1S/C82H86Cl2N8O29/c1-32(2)9-7-5-4-6-8-10-55(98)87-64-67(101)69(103)72(80(113)114)121-81(64)120-71-52-25-37-26-53(71)117-49-20-15-36(23-44(49)83)65(99)63-78(110)91-62(79(111)112)42-27-38(94)28-51(118-82-70(104)68(102)66(100)54(31-93)119-82)56(42)41-22-34(13-18-46(41)95)59(75(107)92-63)88-76(108)60(37)89-77(109)61-43-29-40(30-48(97)57(43)84)116-50-24-35(14-19-47(50)96)58(85-3)74(106)86-45(73(105)90-61)21-33-11-16-39(115-52)17-12-33/h11-20,22-30,32,45,54,58-70,72,81-82,85,93-97,99-104H,4-10,21,31H2,1-3H3,(H,86,106)(H,87,98)(H,88,108)(H,89,109)(H,90,105)(H,91,110)(H,92,107)(H,111,112)(H,113,114). The molecule has 0 spiro atoms. The number of halogens is 2. The van der Waals surface area contributed by atoms with E-state index in [0.29, 0.717) is 24.3 Å². The second-order valence-corrected chi connectivity index (χ2v) is 30.6. The van der Waals surface area contributed by atoms with Crippen LogP contribution in [0.4, 0.5) is 0 Å². The minimum absolute atomic E-state index is 0.0884. The van der Waals surface area contributed by atoms with Gasteiger partial charge in [0.25, 0.3) is 0 Å². The number of hydrogen-bond acceptors (Lipinski definition) is 28. The molecular formula is C82H86Cl2N8O29. The van der Waals surface area contributed by atoms with Crippen LogP contribution < -0.4 is 29.0 Å². The number of phenols is 4. The molecule has 21 N–H and O–H groups in total. The Morgan fingerprint density at radius 3 is 1.88 bits per heavy atom. The number of fused-ring (bicyclic) bond motifs is 12. The number of carboxylic acid groups (broad SMARTS) is 2. The summed E-state index contributed by atoms with van der Waals surface area (Å²) in [5.41, 5.74) is -3.04. The maximum atomic E-state index is 13.8. The van der Waals surface area contributed by atoms with Crippen LogP contribution >= 0.6 is 23.2 Å². The van der Waals surface area contributed by atoms with Gasteiger partial charge in [0.15, 0.2) is 65.2 Å². The summed E-state index contributed by atoms with van der Waals surface area (Å²) in [5, 5.41) is 238. The molecule has 2 fully saturated rings. The number of phenolic OH excluding ortho intramolecular Hbond substituents is 4. The van der Waals surface area contributed by atoms with Gasteiger partial charge in [-0.05, 0) is 120 Å². The third kappa shape index (κ3) is 18.7. The molecule has 0 aliphatic carbocycles. The lowest BCUT2D eigenvalue weighted by molar-refractivity contribution is -0.277. The molecular weight excluding hydrogens is 1630 g/mol. The van der Waals surface area contributed by atoms with Gasteiger partial charge in [0.1, 0.15) is 101 Å². The van der Waals surface area contributed by atoms with Crippen molar-refractivity contribution in [2.75, 3.05) is 13.7 Å². The highest BCUT2D eigenvalue weighted by atomic mass is 35.5. The fourth-order valence-electron chi connectivity index (χ4n) is 14.6. The maximum absolute atomic E-state index is 13.8. The number of likely N-dealkylation sites (N-methyl/N-ethyl adjacent to an activating group) is 1. The third-order valence-corrected chi connectivity index (χ3v) is 21.7. The number of carboxylic acids is 2. The molecule has 0 aromatic heterocycles. The number of ether oxygens (including phenoxy) is 7. The Kier molecular flexibility index (Phi) is 26.3. The monoisotopic (exact) mass is 1720 g/mol. The number of unbranched alkanes of at least 4 members (excludes halogenated alkanes) is 4. The predicted molar refractivity (Wildman–Crippen MR) is 432 cm³/mol. The molecule has 8 aliphatic rings. The number of aliphatic hydroxyl groups excluding tert-OH is 14. The molecule has 39 heteroatoms. The van der Waals surface area contributed by atoms with E-state index in [4.69, 9.17) is 56.4 Å². The minimum Gasteiger partial charge on any atom is -0.508 e. The van der Waals surface area contributed by atoms with Gasteiger partial charge in [0.05, 0.1) is 16.7 Å². The summed E-state index contributed by atoms with van der Waals surface area (Å²) < 4.78 is 44.1. The number of hydrogen-bond donors (Lipinski definition) is 21. The van der Waals surface area contributed by atoms with Crippen molar-refractivity contribution >= 4 is 76.4 Å². The Hall–Kier alpha value is -11.9. The van der Waals surface area contributed by atoms with Crippen molar-refractivity contribution in [1.82, 2.24) is 5.32 Å². The average Bonchev–Trinajstić information content (AvgIpc) is 0.759. The van der Waals surface area contributed by atoms with Crippen LogP contribution in [-0.2, 0) is 25.5 Å². The van der Waals surface area contributed by atoms with E-state index in [2.05, 4.69) is 54.1 Å². The number of aliphatic hydroxyl groups is 14. The summed E-state index contributed by atoms with van der Waals surface area (Å²) in [7, 11) is 1.46. The first-order valence-electron chi connectivity index (χ1n) is 38.1.